The molecule has 2 saturated carbocycles. The molecule has 2 nitrogen and oxygen atoms in total. The molecule has 2 bridgehead atoms. The lowest BCUT2D eigenvalue weighted by molar-refractivity contribution is 0.238. The standard InChI is InChI=1S/C9H14N2/c1-9(5-10)4-6-2-7(9)8(11)3-6/h6-8H,2-4,11H2,1H3/t6-,7-,8+,9-/m1/s1. The maximum atomic E-state index is 8.96. The van der Waals surface area contributed by atoms with Gasteiger partial charge in [-0.15, -0.1) is 0 Å². The fourth-order valence-electron chi connectivity index (χ4n) is 2.96. The quantitative estimate of drug-likeness (QED) is 0.565. The molecule has 0 aliphatic heterocycles. The van der Waals surface area contributed by atoms with E-state index in [4.69, 9.17) is 11.0 Å². The first-order chi connectivity index (χ1) is 5.15. The summed E-state index contributed by atoms with van der Waals surface area (Å²) in [6, 6.07) is 2.73. The minimum atomic E-state index is -0.0949. The minimum absolute atomic E-state index is 0.0949. The van der Waals surface area contributed by atoms with Gasteiger partial charge in [0.25, 0.3) is 0 Å². The van der Waals surface area contributed by atoms with Gasteiger partial charge in [-0.1, -0.05) is 0 Å². The van der Waals surface area contributed by atoms with Crippen molar-refractivity contribution in [3.8, 4) is 6.07 Å². The van der Waals surface area contributed by atoms with Gasteiger partial charge in [0.15, 0.2) is 0 Å². The van der Waals surface area contributed by atoms with Gasteiger partial charge < -0.3 is 5.73 Å². The Labute approximate surface area is 67.4 Å². The SMILES string of the molecule is C[C@]1(C#N)C[C@@H]2C[C@@H]1[C@@H](N)C2. The van der Waals surface area contributed by atoms with Crippen LogP contribution in [0.4, 0.5) is 0 Å². The third kappa shape index (κ3) is 0.810. The first-order valence-corrected chi connectivity index (χ1v) is 4.32. The average Bonchev–Trinajstić information content (AvgIpc) is 2.44. The predicted molar refractivity (Wildman–Crippen MR) is 42.5 cm³/mol. The molecule has 2 N–H and O–H groups in total. The van der Waals surface area contributed by atoms with Gasteiger partial charge in [-0.2, -0.15) is 5.26 Å². The summed E-state index contributed by atoms with van der Waals surface area (Å²) >= 11 is 0. The van der Waals surface area contributed by atoms with Crippen LogP contribution in [0.5, 0.6) is 0 Å². The van der Waals surface area contributed by atoms with Crippen LogP contribution in [0, 0.1) is 28.6 Å². The molecular formula is C9H14N2. The molecule has 0 saturated heterocycles. The van der Waals surface area contributed by atoms with Crippen molar-refractivity contribution in [3.63, 3.8) is 0 Å². The van der Waals surface area contributed by atoms with Crippen LogP contribution in [0.3, 0.4) is 0 Å². The predicted octanol–water partition coefficient (Wildman–Crippen LogP) is 1.27. The summed E-state index contributed by atoms with van der Waals surface area (Å²) in [6.45, 7) is 2.07. The molecule has 0 unspecified atom stereocenters. The zero-order valence-electron chi connectivity index (χ0n) is 6.88. The normalized spacial score (nSPS) is 54.5. The van der Waals surface area contributed by atoms with Gasteiger partial charge in [0.05, 0.1) is 11.5 Å². The fraction of sp³-hybridized carbons (Fsp3) is 0.889. The van der Waals surface area contributed by atoms with Crippen LogP contribution in [0.2, 0.25) is 0 Å². The van der Waals surface area contributed by atoms with Crippen LogP contribution in [-0.4, -0.2) is 6.04 Å². The lowest BCUT2D eigenvalue weighted by Crippen LogP contribution is -2.37. The molecule has 0 spiro atoms. The van der Waals surface area contributed by atoms with Crippen molar-refractivity contribution in [2.24, 2.45) is 23.0 Å². The maximum absolute atomic E-state index is 8.96. The summed E-state index contributed by atoms with van der Waals surface area (Å²) in [5, 5.41) is 8.96. The number of nitrogens with zero attached hydrogens (tertiary/aromatic N) is 1. The largest absolute Gasteiger partial charge is 0.327 e. The summed E-state index contributed by atoms with van der Waals surface area (Å²) in [4.78, 5) is 0. The molecule has 0 amide bonds. The summed E-state index contributed by atoms with van der Waals surface area (Å²) in [5.41, 5.74) is 5.83. The van der Waals surface area contributed by atoms with Crippen LogP contribution in [0.15, 0.2) is 0 Å². The van der Waals surface area contributed by atoms with Crippen molar-refractivity contribution >= 4 is 0 Å². The molecule has 4 atom stereocenters. The van der Waals surface area contributed by atoms with Crippen LogP contribution in [0.25, 0.3) is 0 Å². The highest BCUT2D eigenvalue weighted by Crippen LogP contribution is 2.54. The summed E-state index contributed by atoms with van der Waals surface area (Å²) in [6.07, 6.45) is 3.44. The van der Waals surface area contributed by atoms with Gasteiger partial charge in [-0.05, 0) is 38.0 Å². The third-order valence-corrected chi connectivity index (χ3v) is 3.50. The Bertz CT molecular complexity index is 218. The first kappa shape index (κ1) is 7.12. The van der Waals surface area contributed by atoms with Crippen LogP contribution in [-0.2, 0) is 0 Å². The van der Waals surface area contributed by atoms with Crippen molar-refractivity contribution in [2.45, 2.75) is 32.2 Å². The van der Waals surface area contributed by atoms with Gasteiger partial charge in [0.2, 0.25) is 0 Å². The van der Waals surface area contributed by atoms with E-state index >= 15 is 0 Å². The molecular weight excluding hydrogens is 136 g/mol. The maximum Gasteiger partial charge on any atom is 0.0690 e. The van der Waals surface area contributed by atoms with Crippen molar-refractivity contribution in [1.82, 2.24) is 0 Å². The summed E-state index contributed by atoms with van der Waals surface area (Å²) < 4.78 is 0. The smallest absolute Gasteiger partial charge is 0.0690 e. The zero-order chi connectivity index (χ0) is 8.06. The molecule has 11 heavy (non-hydrogen) atoms. The van der Waals surface area contributed by atoms with Crippen molar-refractivity contribution in [1.29, 1.82) is 5.26 Å². The second-order valence-corrected chi connectivity index (χ2v) is 4.34. The molecule has 2 rings (SSSR count). The van der Waals surface area contributed by atoms with E-state index in [0.717, 1.165) is 18.8 Å². The lowest BCUT2D eigenvalue weighted by Gasteiger charge is -2.30. The van der Waals surface area contributed by atoms with E-state index in [2.05, 4.69) is 13.0 Å². The third-order valence-electron chi connectivity index (χ3n) is 3.50. The van der Waals surface area contributed by atoms with E-state index in [-0.39, 0.29) is 5.41 Å². The topological polar surface area (TPSA) is 49.8 Å². The average molecular weight is 150 g/mol. The minimum Gasteiger partial charge on any atom is -0.327 e. The molecule has 0 aromatic rings. The van der Waals surface area contributed by atoms with Gasteiger partial charge in [-0.25, -0.2) is 0 Å². The van der Waals surface area contributed by atoms with Crippen LogP contribution in [0.1, 0.15) is 26.2 Å². The van der Waals surface area contributed by atoms with Gasteiger partial charge >= 0.3 is 0 Å². The Morgan fingerprint density at radius 2 is 2.27 bits per heavy atom. The molecule has 0 heterocycles. The van der Waals surface area contributed by atoms with Crippen molar-refractivity contribution in [2.75, 3.05) is 0 Å². The summed E-state index contributed by atoms with van der Waals surface area (Å²) in [7, 11) is 0. The Balaban J connectivity index is 2.26. The monoisotopic (exact) mass is 150 g/mol. The molecule has 2 aliphatic rings. The Kier molecular flexibility index (Phi) is 1.28. The van der Waals surface area contributed by atoms with Crippen LogP contribution >= 0.6 is 0 Å². The van der Waals surface area contributed by atoms with E-state index in [1.54, 1.807) is 0 Å². The van der Waals surface area contributed by atoms with E-state index in [1.807, 2.05) is 0 Å². The highest BCUT2D eigenvalue weighted by atomic mass is 14.7. The Morgan fingerprint density at radius 3 is 2.64 bits per heavy atom. The zero-order valence-corrected chi connectivity index (χ0v) is 6.88. The first-order valence-electron chi connectivity index (χ1n) is 4.32. The molecule has 0 aromatic heterocycles. The number of rotatable bonds is 0. The van der Waals surface area contributed by atoms with E-state index in [1.165, 1.54) is 6.42 Å². The molecule has 2 heteroatoms. The van der Waals surface area contributed by atoms with Gasteiger partial charge in [0, 0.05) is 6.04 Å². The second-order valence-electron chi connectivity index (χ2n) is 4.34. The summed E-state index contributed by atoms with van der Waals surface area (Å²) in [5.74, 6) is 1.23. The highest BCUT2D eigenvalue weighted by molar-refractivity contribution is 5.12. The molecule has 0 radical (unpaired) electrons. The number of nitriles is 1. The number of fused-ring (bicyclic) bond motifs is 2. The van der Waals surface area contributed by atoms with Crippen molar-refractivity contribution < 1.29 is 0 Å². The van der Waals surface area contributed by atoms with Crippen LogP contribution < -0.4 is 5.73 Å². The Hall–Kier alpha value is -0.550. The van der Waals surface area contributed by atoms with E-state index in [9.17, 15) is 0 Å². The Morgan fingerprint density at radius 1 is 1.55 bits per heavy atom. The van der Waals surface area contributed by atoms with E-state index < -0.39 is 0 Å². The number of hydrogen-bond donors (Lipinski definition) is 1. The molecule has 2 aliphatic carbocycles. The number of nitrogens with two attached hydrogens (primary N) is 1. The fourth-order valence-corrected chi connectivity index (χ4v) is 2.96. The lowest BCUT2D eigenvalue weighted by atomic mass is 9.74. The van der Waals surface area contributed by atoms with Crippen molar-refractivity contribution in [3.05, 3.63) is 0 Å². The molecule has 60 valence electrons. The van der Waals surface area contributed by atoms with Gasteiger partial charge in [0.1, 0.15) is 0 Å². The molecule has 0 aromatic carbocycles. The number of hydrogen-bond acceptors (Lipinski definition) is 2. The van der Waals surface area contributed by atoms with E-state index in [0.29, 0.717) is 12.0 Å². The molecule has 2 fully saturated rings. The van der Waals surface area contributed by atoms with Gasteiger partial charge in [-0.3, -0.25) is 0 Å². The highest BCUT2D eigenvalue weighted by Gasteiger charge is 2.52. The second kappa shape index (κ2) is 1.98.